The largest absolute Gasteiger partial charge is 0.314 e. The number of piperidine rings is 1. The summed E-state index contributed by atoms with van der Waals surface area (Å²) in [4.78, 5) is -0.0140. The molecule has 0 aromatic heterocycles. The van der Waals surface area contributed by atoms with Crippen LogP contribution in [0.15, 0.2) is 23.1 Å². The number of nitrogens with zero attached hydrogens (tertiary/aromatic N) is 2. The molecule has 0 bridgehead atoms. The summed E-state index contributed by atoms with van der Waals surface area (Å²) in [5.74, 6) is 0.106. The zero-order chi connectivity index (χ0) is 16.4. The first-order chi connectivity index (χ1) is 11.0. The Hall–Kier alpha value is -1.49. The van der Waals surface area contributed by atoms with Crippen molar-refractivity contribution < 1.29 is 12.8 Å². The van der Waals surface area contributed by atoms with E-state index in [0.29, 0.717) is 19.1 Å². The Kier molecular flexibility index (Phi) is 4.67. The van der Waals surface area contributed by atoms with Crippen LogP contribution in [0.3, 0.4) is 0 Å². The summed E-state index contributed by atoms with van der Waals surface area (Å²) in [6.07, 6.45) is 4.15. The number of nitrogens with one attached hydrogen (secondary N) is 1. The average Bonchev–Trinajstić information content (AvgIpc) is 3.38. The lowest BCUT2D eigenvalue weighted by atomic mass is 10.1. The van der Waals surface area contributed by atoms with E-state index in [9.17, 15) is 12.8 Å². The molecular formula is C16H20FN3O2S. The number of nitriles is 1. The summed E-state index contributed by atoms with van der Waals surface area (Å²) in [7, 11) is -3.67. The second-order valence-corrected chi connectivity index (χ2v) is 8.22. The molecule has 7 heteroatoms. The van der Waals surface area contributed by atoms with Gasteiger partial charge >= 0.3 is 0 Å². The lowest BCUT2D eigenvalue weighted by Crippen LogP contribution is -2.45. The van der Waals surface area contributed by atoms with Gasteiger partial charge in [-0.3, -0.25) is 0 Å². The highest BCUT2D eigenvalue weighted by atomic mass is 32.2. The quantitative estimate of drug-likeness (QED) is 0.890. The Balaban J connectivity index is 1.65. The van der Waals surface area contributed by atoms with E-state index in [2.05, 4.69) is 5.32 Å². The van der Waals surface area contributed by atoms with Gasteiger partial charge in [0, 0.05) is 19.1 Å². The van der Waals surface area contributed by atoms with Gasteiger partial charge in [-0.25, -0.2) is 12.8 Å². The van der Waals surface area contributed by atoms with E-state index in [1.54, 1.807) is 6.07 Å². The molecule has 0 unspecified atom stereocenters. The Bertz CT molecular complexity index is 717. The van der Waals surface area contributed by atoms with Gasteiger partial charge in [-0.2, -0.15) is 9.57 Å². The number of hydrogen-bond donors (Lipinski definition) is 1. The van der Waals surface area contributed by atoms with Crippen molar-refractivity contribution in [2.24, 2.45) is 5.92 Å². The highest BCUT2D eigenvalue weighted by molar-refractivity contribution is 7.89. The fraction of sp³-hybridized carbons (Fsp3) is 0.562. The molecule has 1 saturated carbocycles. The molecular weight excluding hydrogens is 317 g/mol. The molecule has 5 nitrogen and oxygen atoms in total. The summed E-state index contributed by atoms with van der Waals surface area (Å²) in [5, 5.41) is 12.4. The highest BCUT2D eigenvalue weighted by Crippen LogP contribution is 2.28. The Morgan fingerprint density at radius 3 is 2.57 bits per heavy atom. The zero-order valence-electron chi connectivity index (χ0n) is 12.8. The predicted octanol–water partition coefficient (Wildman–Crippen LogP) is 1.85. The third-order valence-electron chi connectivity index (χ3n) is 4.54. The third-order valence-corrected chi connectivity index (χ3v) is 6.44. The minimum Gasteiger partial charge on any atom is -0.314 e. The maximum absolute atomic E-state index is 13.4. The fourth-order valence-electron chi connectivity index (χ4n) is 2.86. The van der Waals surface area contributed by atoms with Gasteiger partial charge in [0.1, 0.15) is 11.9 Å². The molecule has 23 heavy (non-hydrogen) atoms. The smallest absolute Gasteiger partial charge is 0.243 e. The van der Waals surface area contributed by atoms with Gasteiger partial charge in [0.25, 0.3) is 0 Å². The molecule has 124 valence electrons. The van der Waals surface area contributed by atoms with Crippen molar-refractivity contribution in [1.82, 2.24) is 9.62 Å². The summed E-state index contributed by atoms with van der Waals surface area (Å²) in [6, 6.07) is 5.42. The van der Waals surface area contributed by atoms with Crippen LogP contribution >= 0.6 is 0 Å². The molecule has 1 aromatic rings. The van der Waals surface area contributed by atoms with Crippen LogP contribution in [0.2, 0.25) is 0 Å². The second kappa shape index (κ2) is 6.56. The average molecular weight is 337 g/mol. The van der Waals surface area contributed by atoms with Crippen molar-refractivity contribution in [2.45, 2.75) is 36.6 Å². The van der Waals surface area contributed by atoms with Gasteiger partial charge < -0.3 is 5.32 Å². The third kappa shape index (κ3) is 3.71. The highest BCUT2D eigenvalue weighted by Gasteiger charge is 2.30. The maximum atomic E-state index is 13.4. The van der Waals surface area contributed by atoms with Gasteiger partial charge in [-0.05, 0) is 56.3 Å². The number of hydrogen-bond acceptors (Lipinski definition) is 4. The second-order valence-electron chi connectivity index (χ2n) is 6.28. The molecule has 1 heterocycles. The van der Waals surface area contributed by atoms with E-state index in [1.165, 1.54) is 23.2 Å². The first-order valence-corrected chi connectivity index (χ1v) is 9.38. The monoisotopic (exact) mass is 337 g/mol. The van der Waals surface area contributed by atoms with Crippen LogP contribution in [0.25, 0.3) is 0 Å². The van der Waals surface area contributed by atoms with Crippen LogP contribution < -0.4 is 5.32 Å². The summed E-state index contributed by atoms with van der Waals surface area (Å²) in [6.45, 7) is 1.93. The summed E-state index contributed by atoms with van der Waals surface area (Å²) in [5.41, 5.74) is -0.243. The number of benzene rings is 1. The van der Waals surface area contributed by atoms with Gasteiger partial charge in [-0.1, -0.05) is 0 Å². The number of sulfonamides is 1. The molecule has 1 aromatic carbocycles. The van der Waals surface area contributed by atoms with Gasteiger partial charge in [-0.15, -0.1) is 0 Å². The van der Waals surface area contributed by atoms with Gasteiger partial charge in [0.2, 0.25) is 10.0 Å². The van der Waals surface area contributed by atoms with Crippen LogP contribution in [0.1, 0.15) is 31.2 Å². The first kappa shape index (κ1) is 16.4. The minimum absolute atomic E-state index is 0.0140. The molecule has 0 amide bonds. The standard InChI is InChI=1S/C16H20FN3O2S/c17-16-4-3-15(9-13(16)10-18)23(21,22)20-7-5-14(6-8-20)19-11-12-1-2-12/h3-4,9,12,14,19H,1-2,5-8,11H2. The van der Waals surface area contributed by atoms with E-state index in [0.717, 1.165) is 37.4 Å². The maximum Gasteiger partial charge on any atom is 0.243 e. The summed E-state index contributed by atoms with van der Waals surface area (Å²) < 4.78 is 40.0. The van der Waals surface area contributed by atoms with Crippen molar-refractivity contribution in [2.75, 3.05) is 19.6 Å². The Morgan fingerprint density at radius 1 is 1.26 bits per heavy atom. The molecule has 1 saturated heterocycles. The van der Waals surface area contributed by atoms with Crippen molar-refractivity contribution in [3.05, 3.63) is 29.6 Å². The normalized spacial score (nSPS) is 20.3. The van der Waals surface area contributed by atoms with Gasteiger partial charge in [0.05, 0.1) is 10.5 Å². The van der Waals surface area contributed by atoms with Crippen LogP contribution in [0.4, 0.5) is 4.39 Å². The van der Waals surface area contributed by atoms with Crippen LogP contribution in [0, 0.1) is 23.1 Å². The van der Waals surface area contributed by atoms with Crippen molar-refractivity contribution >= 4 is 10.0 Å². The van der Waals surface area contributed by atoms with E-state index in [4.69, 9.17) is 5.26 Å². The van der Waals surface area contributed by atoms with E-state index in [1.807, 2.05) is 0 Å². The van der Waals surface area contributed by atoms with E-state index in [-0.39, 0.29) is 10.5 Å². The molecule has 2 aliphatic rings. The van der Waals surface area contributed by atoms with Crippen molar-refractivity contribution in [1.29, 1.82) is 5.26 Å². The van der Waals surface area contributed by atoms with Crippen molar-refractivity contribution in [3.8, 4) is 6.07 Å². The van der Waals surface area contributed by atoms with Crippen LogP contribution in [-0.4, -0.2) is 38.4 Å². The molecule has 0 radical (unpaired) electrons. The SMILES string of the molecule is N#Cc1cc(S(=O)(=O)N2CCC(NCC3CC3)CC2)ccc1F. The number of rotatable bonds is 5. The molecule has 2 fully saturated rings. The first-order valence-electron chi connectivity index (χ1n) is 7.94. The molecule has 1 N–H and O–H groups in total. The summed E-state index contributed by atoms with van der Waals surface area (Å²) >= 11 is 0. The van der Waals surface area contributed by atoms with E-state index >= 15 is 0 Å². The topological polar surface area (TPSA) is 73.2 Å². The molecule has 0 spiro atoms. The lowest BCUT2D eigenvalue weighted by molar-refractivity contribution is 0.288. The van der Waals surface area contributed by atoms with Crippen LogP contribution in [0.5, 0.6) is 0 Å². The molecule has 1 aliphatic heterocycles. The molecule has 0 atom stereocenters. The van der Waals surface area contributed by atoms with Crippen LogP contribution in [-0.2, 0) is 10.0 Å². The fourth-order valence-corrected chi connectivity index (χ4v) is 4.35. The number of halogens is 1. The van der Waals surface area contributed by atoms with Crippen molar-refractivity contribution in [3.63, 3.8) is 0 Å². The zero-order valence-corrected chi connectivity index (χ0v) is 13.7. The molecule has 3 rings (SSSR count). The van der Waals surface area contributed by atoms with E-state index < -0.39 is 15.8 Å². The minimum atomic E-state index is -3.67. The van der Waals surface area contributed by atoms with Gasteiger partial charge in [0.15, 0.2) is 0 Å². The Morgan fingerprint density at radius 2 is 1.96 bits per heavy atom. The predicted molar refractivity (Wildman–Crippen MR) is 83.6 cm³/mol. The Labute approximate surface area is 136 Å². The molecule has 1 aliphatic carbocycles. The lowest BCUT2D eigenvalue weighted by Gasteiger charge is -2.31.